The maximum Gasteiger partial charge on any atom is 0.416 e. The molecule has 2 atom stereocenters. The molecule has 2 unspecified atom stereocenters. The quantitative estimate of drug-likeness (QED) is 0.820. The van der Waals surface area contributed by atoms with Crippen molar-refractivity contribution < 1.29 is 13.2 Å². The topological polar surface area (TPSA) is 12.0 Å². The summed E-state index contributed by atoms with van der Waals surface area (Å²) in [7, 11) is 0. The lowest BCUT2D eigenvalue weighted by atomic mass is 9.85. The Kier molecular flexibility index (Phi) is 5.31. The Morgan fingerprint density at radius 1 is 1.19 bits per heavy atom. The number of rotatable bonds is 5. The monoisotopic (exact) mass is 299 g/mol. The van der Waals surface area contributed by atoms with Crippen LogP contribution in [-0.4, -0.2) is 13.1 Å². The second kappa shape index (κ2) is 6.82. The van der Waals surface area contributed by atoms with E-state index in [0.29, 0.717) is 17.4 Å². The molecular weight excluding hydrogens is 275 g/mol. The highest BCUT2D eigenvalue weighted by Crippen LogP contribution is 2.44. The molecule has 0 aliphatic heterocycles. The van der Waals surface area contributed by atoms with E-state index in [0.717, 1.165) is 32.4 Å². The van der Waals surface area contributed by atoms with Crippen molar-refractivity contribution >= 4 is 0 Å². The Morgan fingerprint density at radius 2 is 1.90 bits per heavy atom. The molecule has 2 rings (SSSR count). The van der Waals surface area contributed by atoms with Crippen molar-refractivity contribution in [2.75, 3.05) is 13.1 Å². The van der Waals surface area contributed by atoms with Gasteiger partial charge in [-0.15, -0.1) is 0 Å². The zero-order valence-corrected chi connectivity index (χ0v) is 12.7. The fraction of sp³-hybridized carbons (Fsp3) is 0.647. The van der Waals surface area contributed by atoms with Gasteiger partial charge < -0.3 is 5.32 Å². The molecule has 1 aromatic carbocycles. The summed E-state index contributed by atoms with van der Waals surface area (Å²) >= 11 is 0. The van der Waals surface area contributed by atoms with Gasteiger partial charge in [0, 0.05) is 0 Å². The van der Waals surface area contributed by atoms with Gasteiger partial charge in [-0.05, 0) is 55.3 Å². The van der Waals surface area contributed by atoms with E-state index in [2.05, 4.69) is 19.2 Å². The first-order valence-corrected chi connectivity index (χ1v) is 7.76. The fourth-order valence-electron chi connectivity index (χ4n) is 3.33. The standard InChI is InChI=1S/C17H24F3N/c1-12(2)10-21-11-13-6-5-8-14(13)15-7-3-4-9-16(15)17(18,19)20/h3-4,7,9,12-14,21H,5-6,8,10-11H2,1-2H3. The molecular formula is C17H24F3N. The third kappa shape index (κ3) is 4.22. The van der Waals surface area contributed by atoms with Gasteiger partial charge in [0.25, 0.3) is 0 Å². The van der Waals surface area contributed by atoms with Gasteiger partial charge in [-0.2, -0.15) is 13.2 Å². The van der Waals surface area contributed by atoms with E-state index in [9.17, 15) is 13.2 Å². The normalized spacial score (nSPS) is 23.0. The molecule has 1 aromatic rings. The minimum atomic E-state index is -4.25. The third-order valence-corrected chi connectivity index (χ3v) is 4.28. The van der Waals surface area contributed by atoms with Gasteiger partial charge in [0.1, 0.15) is 0 Å². The predicted octanol–water partition coefficient (Wildman–Crippen LogP) is 4.83. The third-order valence-electron chi connectivity index (χ3n) is 4.28. The molecule has 1 aliphatic carbocycles. The number of benzene rings is 1. The minimum Gasteiger partial charge on any atom is -0.316 e. The maximum atomic E-state index is 13.2. The Morgan fingerprint density at radius 3 is 2.57 bits per heavy atom. The van der Waals surface area contributed by atoms with E-state index < -0.39 is 11.7 Å². The van der Waals surface area contributed by atoms with Crippen molar-refractivity contribution in [1.82, 2.24) is 5.32 Å². The fourth-order valence-corrected chi connectivity index (χ4v) is 3.33. The SMILES string of the molecule is CC(C)CNCC1CCCC1c1ccccc1C(F)(F)F. The van der Waals surface area contributed by atoms with E-state index in [1.54, 1.807) is 12.1 Å². The molecule has 0 heterocycles. The molecule has 1 fully saturated rings. The highest BCUT2D eigenvalue weighted by Gasteiger charge is 2.38. The van der Waals surface area contributed by atoms with Crippen molar-refractivity contribution in [3.8, 4) is 0 Å². The largest absolute Gasteiger partial charge is 0.416 e. The summed E-state index contributed by atoms with van der Waals surface area (Å²) in [6, 6.07) is 6.08. The van der Waals surface area contributed by atoms with Crippen LogP contribution in [-0.2, 0) is 6.18 Å². The van der Waals surface area contributed by atoms with Gasteiger partial charge in [-0.1, -0.05) is 38.5 Å². The van der Waals surface area contributed by atoms with Gasteiger partial charge in [-0.25, -0.2) is 0 Å². The summed E-state index contributed by atoms with van der Waals surface area (Å²) in [4.78, 5) is 0. The molecule has 1 saturated carbocycles. The predicted molar refractivity (Wildman–Crippen MR) is 79.2 cm³/mol. The van der Waals surface area contributed by atoms with E-state index in [1.807, 2.05) is 0 Å². The molecule has 1 N–H and O–H groups in total. The molecule has 118 valence electrons. The molecule has 0 amide bonds. The van der Waals surface area contributed by atoms with Gasteiger partial charge in [0.05, 0.1) is 5.56 Å². The molecule has 4 heteroatoms. The number of halogens is 3. The molecule has 0 aromatic heterocycles. The van der Waals surface area contributed by atoms with Crippen molar-refractivity contribution in [2.45, 2.75) is 45.2 Å². The molecule has 0 radical (unpaired) electrons. The van der Waals surface area contributed by atoms with Crippen molar-refractivity contribution in [3.63, 3.8) is 0 Å². The second-order valence-electron chi connectivity index (χ2n) is 6.43. The van der Waals surface area contributed by atoms with Gasteiger partial charge in [0.15, 0.2) is 0 Å². The number of hydrogen-bond acceptors (Lipinski definition) is 1. The van der Waals surface area contributed by atoms with Crippen LogP contribution in [0.4, 0.5) is 13.2 Å². The summed E-state index contributed by atoms with van der Waals surface area (Å²) in [5.74, 6) is 0.905. The highest BCUT2D eigenvalue weighted by atomic mass is 19.4. The summed E-state index contributed by atoms with van der Waals surface area (Å²) in [6.07, 6.45) is -1.36. The van der Waals surface area contributed by atoms with Crippen LogP contribution in [0.2, 0.25) is 0 Å². The minimum absolute atomic E-state index is 0.0301. The Labute approximate surface area is 124 Å². The van der Waals surface area contributed by atoms with E-state index >= 15 is 0 Å². The molecule has 21 heavy (non-hydrogen) atoms. The van der Waals surface area contributed by atoms with Gasteiger partial charge >= 0.3 is 6.18 Å². The zero-order chi connectivity index (χ0) is 15.5. The van der Waals surface area contributed by atoms with Crippen LogP contribution in [0, 0.1) is 11.8 Å². The Balaban J connectivity index is 2.13. The number of hydrogen-bond donors (Lipinski definition) is 1. The second-order valence-corrected chi connectivity index (χ2v) is 6.43. The lowest BCUT2D eigenvalue weighted by Crippen LogP contribution is -2.28. The molecule has 0 bridgehead atoms. The van der Waals surface area contributed by atoms with E-state index in [-0.39, 0.29) is 5.92 Å². The first kappa shape index (κ1) is 16.3. The summed E-state index contributed by atoms with van der Waals surface area (Å²) in [6.45, 7) is 6.01. The van der Waals surface area contributed by atoms with Crippen LogP contribution in [0.5, 0.6) is 0 Å². The summed E-state index contributed by atoms with van der Waals surface area (Å²) in [5, 5.41) is 3.40. The molecule has 0 spiro atoms. The maximum absolute atomic E-state index is 13.2. The highest BCUT2D eigenvalue weighted by molar-refractivity contribution is 5.34. The van der Waals surface area contributed by atoms with Crippen molar-refractivity contribution in [2.24, 2.45) is 11.8 Å². The Hall–Kier alpha value is -1.03. The average Bonchev–Trinajstić information content (AvgIpc) is 2.85. The number of nitrogens with one attached hydrogen (secondary N) is 1. The summed E-state index contributed by atoms with van der Waals surface area (Å²) < 4.78 is 39.5. The van der Waals surface area contributed by atoms with Gasteiger partial charge in [-0.3, -0.25) is 0 Å². The van der Waals surface area contributed by atoms with Crippen LogP contribution in [0.1, 0.15) is 50.2 Å². The van der Waals surface area contributed by atoms with Crippen LogP contribution in [0.3, 0.4) is 0 Å². The molecule has 1 nitrogen and oxygen atoms in total. The zero-order valence-electron chi connectivity index (χ0n) is 12.7. The molecule has 0 saturated heterocycles. The van der Waals surface area contributed by atoms with E-state index in [1.165, 1.54) is 12.1 Å². The first-order valence-electron chi connectivity index (χ1n) is 7.76. The van der Waals surface area contributed by atoms with Crippen LogP contribution < -0.4 is 5.32 Å². The lowest BCUT2D eigenvalue weighted by Gasteiger charge is -2.24. The van der Waals surface area contributed by atoms with Crippen molar-refractivity contribution in [1.29, 1.82) is 0 Å². The van der Waals surface area contributed by atoms with Crippen LogP contribution in [0.25, 0.3) is 0 Å². The van der Waals surface area contributed by atoms with Gasteiger partial charge in [0.2, 0.25) is 0 Å². The number of alkyl halides is 3. The van der Waals surface area contributed by atoms with Crippen molar-refractivity contribution in [3.05, 3.63) is 35.4 Å². The van der Waals surface area contributed by atoms with E-state index in [4.69, 9.17) is 0 Å². The lowest BCUT2D eigenvalue weighted by molar-refractivity contribution is -0.138. The smallest absolute Gasteiger partial charge is 0.316 e. The van der Waals surface area contributed by atoms with Crippen LogP contribution in [0.15, 0.2) is 24.3 Å². The molecule has 1 aliphatic rings. The average molecular weight is 299 g/mol. The summed E-state index contributed by atoms with van der Waals surface area (Å²) in [5.41, 5.74) is 0.0320. The first-order chi connectivity index (χ1) is 9.89. The van der Waals surface area contributed by atoms with Crippen LogP contribution >= 0.6 is 0 Å². The Bertz CT molecular complexity index is 454.